The second-order valence-electron chi connectivity index (χ2n) is 4.34. The Bertz CT molecular complexity index is 226. The quantitative estimate of drug-likeness (QED) is 0.547. The number of ether oxygens (including phenoxy) is 3. The maximum atomic E-state index is 11.4. The van der Waals surface area contributed by atoms with E-state index >= 15 is 0 Å². The van der Waals surface area contributed by atoms with Crippen molar-refractivity contribution in [2.75, 3.05) is 59.8 Å². The summed E-state index contributed by atoms with van der Waals surface area (Å²) >= 11 is 0. The molecule has 114 valence electrons. The summed E-state index contributed by atoms with van der Waals surface area (Å²) < 4.78 is 15.5. The van der Waals surface area contributed by atoms with E-state index in [1.807, 2.05) is 0 Å². The van der Waals surface area contributed by atoms with Crippen LogP contribution in [0.4, 0.5) is 0 Å². The van der Waals surface area contributed by atoms with Crippen molar-refractivity contribution in [3.05, 3.63) is 0 Å². The molecule has 0 radical (unpaired) electrons. The van der Waals surface area contributed by atoms with Crippen LogP contribution in [0.15, 0.2) is 0 Å². The lowest BCUT2D eigenvalue weighted by Gasteiger charge is -2.09. The third-order valence-electron chi connectivity index (χ3n) is 2.72. The van der Waals surface area contributed by atoms with E-state index in [0.29, 0.717) is 25.7 Å². The molecule has 6 nitrogen and oxygen atoms in total. The molecule has 7 heteroatoms. The number of halogens is 1. The zero-order chi connectivity index (χ0) is 13.1. The van der Waals surface area contributed by atoms with Crippen LogP contribution in [0.1, 0.15) is 6.42 Å². The summed E-state index contributed by atoms with van der Waals surface area (Å²) in [5.74, 6) is 0.385. The lowest BCUT2D eigenvalue weighted by atomic mass is 10.1. The molecule has 1 atom stereocenters. The fourth-order valence-electron chi connectivity index (χ4n) is 1.67. The molecule has 0 aromatic rings. The van der Waals surface area contributed by atoms with Crippen LogP contribution in [0, 0.1) is 5.92 Å². The molecule has 1 rings (SSSR count). The van der Waals surface area contributed by atoms with E-state index in [2.05, 4.69) is 10.6 Å². The molecule has 2 N–H and O–H groups in total. The topological polar surface area (TPSA) is 68.8 Å². The van der Waals surface area contributed by atoms with Crippen LogP contribution < -0.4 is 10.6 Å². The highest BCUT2D eigenvalue weighted by atomic mass is 35.5. The lowest BCUT2D eigenvalue weighted by molar-refractivity contribution is -0.126. The van der Waals surface area contributed by atoms with E-state index in [1.165, 1.54) is 0 Å². The van der Waals surface area contributed by atoms with Crippen LogP contribution in [-0.2, 0) is 19.0 Å². The molecule has 1 aliphatic rings. The average Bonchev–Trinajstić information content (AvgIpc) is 2.87. The normalized spacial score (nSPS) is 18.1. The first-order valence-corrected chi connectivity index (χ1v) is 6.44. The minimum atomic E-state index is -0.0672. The molecule has 1 heterocycles. The minimum absolute atomic E-state index is 0. The second-order valence-corrected chi connectivity index (χ2v) is 4.34. The molecule has 0 aliphatic carbocycles. The number of carbonyl (C=O) groups is 1. The molecule has 0 saturated carbocycles. The fraction of sp³-hybridized carbons (Fsp3) is 0.917. The van der Waals surface area contributed by atoms with Gasteiger partial charge in [0.15, 0.2) is 0 Å². The number of methoxy groups -OCH3 is 1. The molecule has 19 heavy (non-hydrogen) atoms. The highest BCUT2D eigenvalue weighted by Gasteiger charge is 2.15. The number of nitrogens with one attached hydrogen (secondary N) is 2. The molecule has 1 saturated heterocycles. The zero-order valence-corrected chi connectivity index (χ0v) is 12.3. The van der Waals surface area contributed by atoms with E-state index in [9.17, 15) is 4.79 Å². The Kier molecular flexibility index (Phi) is 12.4. The van der Waals surface area contributed by atoms with Crippen LogP contribution >= 0.6 is 12.4 Å². The third kappa shape index (κ3) is 10.1. The van der Waals surface area contributed by atoms with Gasteiger partial charge in [-0.3, -0.25) is 4.79 Å². The largest absolute Gasteiger partial charge is 0.383 e. The van der Waals surface area contributed by atoms with Gasteiger partial charge in [-0.05, 0) is 6.42 Å². The van der Waals surface area contributed by atoms with E-state index in [0.717, 1.165) is 32.7 Å². The van der Waals surface area contributed by atoms with Crippen LogP contribution in [0.5, 0.6) is 0 Å². The number of hydrogen-bond acceptors (Lipinski definition) is 5. The van der Waals surface area contributed by atoms with E-state index in [4.69, 9.17) is 14.2 Å². The Hall–Kier alpha value is -0.400. The first-order valence-electron chi connectivity index (χ1n) is 6.44. The van der Waals surface area contributed by atoms with Crippen molar-refractivity contribution in [3.8, 4) is 0 Å². The Morgan fingerprint density at radius 1 is 1.37 bits per heavy atom. The van der Waals surface area contributed by atoms with Gasteiger partial charge in [-0.1, -0.05) is 0 Å². The first kappa shape index (κ1) is 18.6. The second kappa shape index (κ2) is 12.6. The lowest BCUT2D eigenvalue weighted by Crippen LogP contribution is -2.35. The van der Waals surface area contributed by atoms with Crippen molar-refractivity contribution in [1.82, 2.24) is 10.6 Å². The summed E-state index contributed by atoms with van der Waals surface area (Å²) in [6.45, 7) is 5.14. The summed E-state index contributed by atoms with van der Waals surface area (Å²) in [5.41, 5.74) is 0. The van der Waals surface area contributed by atoms with Crippen molar-refractivity contribution in [2.24, 2.45) is 5.92 Å². The van der Waals surface area contributed by atoms with Gasteiger partial charge in [0.25, 0.3) is 0 Å². The Morgan fingerprint density at radius 2 is 2.21 bits per heavy atom. The third-order valence-corrected chi connectivity index (χ3v) is 2.72. The van der Waals surface area contributed by atoms with Crippen LogP contribution in [0.3, 0.4) is 0 Å². The fourth-order valence-corrected chi connectivity index (χ4v) is 1.67. The standard InChI is InChI=1S/C12H24N2O4.ClH/c1-16-7-5-13-3-4-14-12(15)10-18-9-11-2-6-17-8-11;/h11,13H,2-10H2,1H3,(H,14,15);1H. The summed E-state index contributed by atoms with van der Waals surface area (Å²) in [6.07, 6.45) is 1.03. The van der Waals surface area contributed by atoms with Gasteiger partial charge in [0, 0.05) is 39.3 Å². The van der Waals surface area contributed by atoms with Crippen molar-refractivity contribution in [2.45, 2.75) is 6.42 Å². The van der Waals surface area contributed by atoms with Gasteiger partial charge in [-0.2, -0.15) is 0 Å². The van der Waals surface area contributed by atoms with Gasteiger partial charge in [0.05, 0.1) is 19.8 Å². The van der Waals surface area contributed by atoms with Crippen molar-refractivity contribution in [1.29, 1.82) is 0 Å². The van der Waals surface area contributed by atoms with Crippen molar-refractivity contribution >= 4 is 18.3 Å². The van der Waals surface area contributed by atoms with E-state index < -0.39 is 0 Å². The zero-order valence-electron chi connectivity index (χ0n) is 11.5. The minimum Gasteiger partial charge on any atom is -0.383 e. The molecule has 1 fully saturated rings. The first-order chi connectivity index (χ1) is 8.83. The predicted octanol–water partition coefficient (Wildman–Crippen LogP) is -0.186. The average molecular weight is 297 g/mol. The molecular formula is C12H25ClN2O4. The molecule has 0 aromatic carbocycles. The van der Waals surface area contributed by atoms with Crippen LogP contribution in [0.2, 0.25) is 0 Å². The smallest absolute Gasteiger partial charge is 0.246 e. The van der Waals surface area contributed by atoms with Crippen LogP contribution in [0.25, 0.3) is 0 Å². The van der Waals surface area contributed by atoms with Gasteiger partial charge in [-0.15, -0.1) is 12.4 Å². The molecule has 1 unspecified atom stereocenters. The van der Waals surface area contributed by atoms with Gasteiger partial charge < -0.3 is 24.8 Å². The number of carbonyl (C=O) groups excluding carboxylic acids is 1. The van der Waals surface area contributed by atoms with Crippen molar-refractivity contribution in [3.63, 3.8) is 0 Å². The monoisotopic (exact) mass is 296 g/mol. The van der Waals surface area contributed by atoms with Gasteiger partial charge in [0.2, 0.25) is 5.91 Å². The summed E-state index contributed by atoms with van der Waals surface area (Å²) in [7, 11) is 1.66. The molecular weight excluding hydrogens is 272 g/mol. The predicted molar refractivity (Wildman–Crippen MR) is 74.7 cm³/mol. The molecule has 0 bridgehead atoms. The molecule has 1 amide bonds. The summed E-state index contributed by atoms with van der Waals surface area (Å²) in [6, 6.07) is 0. The highest BCUT2D eigenvalue weighted by Crippen LogP contribution is 2.11. The highest BCUT2D eigenvalue weighted by molar-refractivity contribution is 5.85. The van der Waals surface area contributed by atoms with E-state index in [-0.39, 0.29) is 24.9 Å². The number of hydrogen-bond donors (Lipinski definition) is 2. The Labute approximate surface area is 121 Å². The maximum absolute atomic E-state index is 11.4. The number of rotatable bonds is 10. The van der Waals surface area contributed by atoms with Crippen LogP contribution in [-0.4, -0.2) is 65.7 Å². The summed E-state index contributed by atoms with van der Waals surface area (Å²) in [5, 5.41) is 5.93. The molecule has 0 spiro atoms. The van der Waals surface area contributed by atoms with Crippen molar-refractivity contribution < 1.29 is 19.0 Å². The SMILES string of the molecule is COCCNCCNC(=O)COCC1CCOC1.Cl. The molecule has 0 aromatic heterocycles. The van der Waals surface area contributed by atoms with Gasteiger partial charge in [-0.25, -0.2) is 0 Å². The summed E-state index contributed by atoms with van der Waals surface area (Å²) in [4.78, 5) is 11.4. The Morgan fingerprint density at radius 3 is 2.89 bits per heavy atom. The molecule has 1 aliphatic heterocycles. The number of amides is 1. The Balaban J connectivity index is 0.00000324. The van der Waals surface area contributed by atoms with E-state index in [1.54, 1.807) is 7.11 Å². The van der Waals surface area contributed by atoms with Gasteiger partial charge >= 0.3 is 0 Å². The maximum Gasteiger partial charge on any atom is 0.246 e. The van der Waals surface area contributed by atoms with Gasteiger partial charge in [0.1, 0.15) is 6.61 Å².